The summed E-state index contributed by atoms with van der Waals surface area (Å²) < 4.78 is 25.9. The number of ether oxygens (including phenoxy) is 1. The molecule has 0 bridgehead atoms. The van der Waals surface area contributed by atoms with Crippen LogP contribution >= 0.6 is 7.68 Å². The molecule has 0 aliphatic carbocycles. The van der Waals surface area contributed by atoms with Gasteiger partial charge in [0.1, 0.15) is 0 Å². The Labute approximate surface area is 81.2 Å². The normalized spacial score (nSPS) is 12.4. The second-order valence-electron chi connectivity index (χ2n) is 2.23. The number of carboxylic acid groups (broad SMARTS) is 1. The maximum Gasteiger partial charge on any atom is 0.346 e. The van der Waals surface area contributed by atoms with Crippen LogP contribution in [-0.2, 0) is 23.5 Å². The molecule has 0 saturated carbocycles. The Morgan fingerprint density at radius 3 is 2.64 bits per heavy atom. The minimum atomic E-state index is -2.71. The van der Waals surface area contributed by atoms with Crippen molar-refractivity contribution in [3.05, 3.63) is 0 Å². The lowest BCUT2D eigenvalue weighted by atomic mass is 10.7. The van der Waals surface area contributed by atoms with E-state index in [4.69, 9.17) is 9.84 Å². The van der Waals surface area contributed by atoms with Gasteiger partial charge in [-0.25, -0.2) is 13.9 Å². The summed E-state index contributed by atoms with van der Waals surface area (Å²) in [5.74, 6) is -2.14. The van der Waals surface area contributed by atoms with Gasteiger partial charge in [-0.05, 0) is 6.92 Å². The summed E-state index contributed by atoms with van der Waals surface area (Å²) in [5.41, 5.74) is 2.19. The molecular formula is C6H12NO6P. The van der Waals surface area contributed by atoms with E-state index < -0.39 is 26.1 Å². The Bertz CT molecular complexity index is 232. The lowest BCUT2D eigenvalue weighted by Gasteiger charge is -2.09. The van der Waals surface area contributed by atoms with E-state index in [9.17, 15) is 13.9 Å². The van der Waals surface area contributed by atoms with E-state index in [0.717, 1.165) is 0 Å². The van der Waals surface area contributed by atoms with E-state index in [0.29, 0.717) is 0 Å². The zero-order valence-corrected chi connectivity index (χ0v) is 8.53. The predicted molar refractivity (Wildman–Crippen MR) is 45.3 cm³/mol. The SMILES string of the molecule is CCOC(CNOCC(=O)O)P(=O)=O. The molecular weight excluding hydrogens is 213 g/mol. The predicted octanol–water partition coefficient (Wildman–Crippen LogP) is 0.128. The minimum absolute atomic E-state index is 0.0974. The van der Waals surface area contributed by atoms with E-state index in [1.807, 2.05) is 0 Å². The van der Waals surface area contributed by atoms with Crippen molar-refractivity contribution in [2.45, 2.75) is 12.8 Å². The highest BCUT2D eigenvalue weighted by Gasteiger charge is 2.14. The molecule has 82 valence electrons. The van der Waals surface area contributed by atoms with Crippen LogP contribution in [-0.4, -0.2) is 36.7 Å². The zero-order valence-electron chi connectivity index (χ0n) is 7.63. The fourth-order valence-corrected chi connectivity index (χ4v) is 1.12. The van der Waals surface area contributed by atoms with Gasteiger partial charge in [0.2, 0.25) is 0 Å². The Morgan fingerprint density at radius 2 is 2.21 bits per heavy atom. The number of rotatable bonds is 8. The molecule has 0 aromatic carbocycles. The second kappa shape index (κ2) is 7.64. The van der Waals surface area contributed by atoms with Crippen LogP contribution < -0.4 is 5.48 Å². The van der Waals surface area contributed by atoms with E-state index in [2.05, 4.69) is 10.3 Å². The van der Waals surface area contributed by atoms with E-state index in [1.54, 1.807) is 6.92 Å². The van der Waals surface area contributed by atoms with Crippen molar-refractivity contribution >= 4 is 13.6 Å². The average Bonchev–Trinajstić information content (AvgIpc) is 2.09. The van der Waals surface area contributed by atoms with Crippen molar-refractivity contribution in [3.63, 3.8) is 0 Å². The summed E-state index contributed by atoms with van der Waals surface area (Å²) >= 11 is 0. The van der Waals surface area contributed by atoms with Gasteiger partial charge < -0.3 is 9.84 Å². The molecule has 0 rings (SSSR count). The highest BCUT2D eigenvalue weighted by atomic mass is 31.1. The molecule has 2 N–H and O–H groups in total. The number of hydrogen-bond donors (Lipinski definition) is 2. The van der Waals surface area contributed by atoms with Crippen LogP contribution in [0.4, 0.5) is 0 Å². The van der Waals surface area contributed by atoms with Gasteiger partial charge in [-0.3, -0.25) is 4.84 Å². The number of hydroxylamine groups is 1. The molecule has 1 unspecified atom stereocenters. The minimum Gasteiger partial charge on any atom is -0.479 e. The van der Waals surface area contributed by atoms with Crippen LogP contribution in [0.2, 0.25) is 0 Å². The molecule has 0 aromatic heterocycles. The van der Waals surface area contributed by atoms with Crippen LogP contribution in [0.15, 0.2) is 0 Å². The van der Waals surface area contributed by atoms with Gasteiger partial charge in [0.25, 0.3) is 0 Å². The van der Waals surface area contributed by atoms with Crippen molar-refractivity contribution in [2.75, 3.05) is 19.8 Å². The topological polar surface area (TPSA) is 102 Å². The molecule has 0 aliphatic rings. The summed E-state index contributed by atoms with van der Waals surface area (Å²) in [6.45, 7) is 1.28. The fraction of sp³-hybridized carbons (Fsp3) is 0.833. The fourth-order valence-electron chi connectivity index (χ4n) is 0.630. The highest BCUT2D eigenvalue weighted by Crippen LogP contribution is 2.14. The number of carbonyl (C=O) groups is 1. The van der Waals surface area contributed by atoms with Gasteiger partial charge in [-0.1, -0.05) is 0 Å². The molecule has 0 aromatic rings. The Morgan fingerprint density at radius 1 is 1.57 bits per heavy atom. The summed E-state index contributed by atoms with van der Waals surface area (Å²) in [7, 11) is -2.71. The molecule has 7 nitrogen and oxygen atoms in total. The molecule has 14 heavy (non-hydrogen) atoms. The van der Waals surface area contributed by atoms with Crippen molar-refractivity contribution in [1.82, 2.24) is 5.48 Å². The summed E-state index contributed by atoms with van der Waals surface area (Å²) in [6, 6.07) is 0. The molecule has 0 fully saturated rings. The smallest absolute Gasteiger partial charge is 0.346 e. The molecule has 8 heteroatoms. The van der Waals surface area contributed by atoms with Gasteiger partial charge in [0.15, 0.2) is 12.5 Å². The third kappa shape index (κ3) is 6.73. The van der Waals surface area contributed by atoms with Gasteiger partial charge in [0.05, 0.1) is 6.54 Å². The third-order valence-electron chi connectivity index (χ3n) is 1.15. The van der Waals surface area contributed by atoms with E-state index in [-0.39, 0.29) is 13.2 Å². The van der Waals surface area contributed by atoms with Crippen LogP contribution in [0.25, 0.3) is 0 Å². The Kier molecular flexibility index (Phi) is 7.23. The van der Waals surface area contributed by atoms with Crippen LogP contribution in [0.1, 0.15) is 6.92 Å². The largest absolute Gasteiger partial charge is 0.479 e. The Hall–Kier alpha value is -0.750. The molecule has 1 atom stereocenters. The van der Waals surface area contributed by atoms with Gasteiger partial charge >= 0.3 is 13.6 Å². The maximum atomic E-state index is 10.5. The molecule has 0 radical (unpaired) electrons. The molecule has 0 aliphatic heterocycles. The van der Waals surface area contributed by atoms with E-state index >= 15 is 0 Å². The summed E-state index contributed by atoms with van der Waals surface area (Å²) in [5, 5.41) is 8.18. The molecule has 0 amide bonds. The quantitative estimate of drug-likeness (QED) is 0.343. The third-order valence-corrected chi connectivity index (χ3v) is 1.95. The van der Waals surface area contributed by atoms with Gasteiger partial charge in [0, 0.05) is 6.61 Å². The van der Waals surface area contributed by atoms with Crippen molar-refractivity contribution in [1.29, 1.82) is 0 Å². The lowest BCUT2D eigenvalue weighted by molar-refractivity contribution is -0.145. The van der Waals surface area contributed by atoms with E-state index in [1.165, 1.54) is 0 Å². The first-order valence-electron chi connectivity index (χ1n) is 3.89. The number of carboxylic acids is 1. The van der Waals surface area contributed by atoms with Crippen LogP contribution in [0, 0.1) is 0 Å². The lowest BCUT2D eigenvalue weighted by Crippen LogP contribution is -2.28. The second-order valence-corrected chi connectivity index (χ2v) is 3.37. The zero-order chi connectivity index (χ0) is 11.0. The monoisotopic (exact) mass is 225 g/mol. The van der Waals surface area contributed by atoms with Gasteiger partial charge in [-0.2, -0.15) is 5.48 Å². The number of aliphatic carboxylic acids is 1. The Balaban J connectivity index is 3.66. The highest BCUT2D eigenvalue weighted by molar-refractivity contribution is 7.31. The first-order chi connectivity index (χ1) is 6.57. The first-order valence-corrected chi connectivity index (χ1v) is 5.14. The van der Waals surface area contributed by atoms with Crippen molar-refractivity contribution < 1.29 is 28.6 Å². The number of hydrogen-bond acceptors (Lipinski definition) is 6. The summed E-state index contributed by atoms with van der Waals surface area (Å²) in [4.78, 5) is 14.4. The standard InChI is InChI=1S/C6H12NO6P/c1-2-12-6(14(10)11)3-7-13-4-5(8)9/h6-7H,2-4H2,1H3,(H,8,9). The molecule has 0 spiro atoms. The number of nitrogens with one attached hydrogen (secondary N) is 1. The van der Waals surface area contributed by atoms with Crippen molar-refractivity contribution in [3.8, 4) is 0 Å². The van der Waals surface area contributed by atoms with Crippen LogP contribution in [0.3, 0.4) is 0 Å². The first kappa shape index (κ1) is 13.2. The van der Waals surface area contributed by atoms with Crippen LogP contribution in [0.5, 0.6) is 0 Å². The molecule has 0 heterocycles. The summed E-state index contributed by atoms with van der Waals surface area (Å²) in [6.07, 6.45) is 0. The molecule has 0 saturated heterocycles. The van der Waals surface area contributed by atoms with Crippen molar-refractivity contribution in [2.24, 2.45) is 0 Å². The van der Waals surface area contributed by atoms with Gasteiger partial charge in [-0.15, -0.1) is 0 Å². The average molecular weight is 225 g/mol. The maximum absolute atomic E-state index is 10.5.